The Kier molecular flexibility index (Phi) is 6.10. The number of aromatic amines is 1. The molecule has 2 saturated heterocycles. The number of hydrogen-bond donors (Lipinski definition) is 3. The van der Waals surface area contributed by atoms with Gasteiger partial charge in [0.05, 0.1) is 49.4 Å². The summed E-state index contributed by atoms with van der Waals surface area (Å²) in [5.74, 6) is -3.61. The van der Waals surface area contributed by atoms with Crippen molar-refractivity contribution >= 4 is 51.8 Å². The summed E-state index contributed by atoms with van der Waals surface area (Å²) in [6, 6.07) is 10.1. The molecule has 3 aliphatic heterocycles. The highest BCUT2D eigenvalue weighted by molar-refractivity contribution is 6.25. The third-order valence-corrected chi connectivity index (χ3v) is 7.30. The first kappa shape index (κ1) is 25.3. The number of H-pyrrole nitrogens is 1. The minimum atomic E-state index is -1.24. The lowest BCUT2D eigenvalue weighted by atomic mass is 9.77. The first-order valence-corrected chi connectivity index (χ1v) is 12.4. The Morgan fingerprint density at radius 1 is 1.12 bits per heavy atom. The van der Waals surface area contributed by atoms with E-state index in [1.807, 2.05) is 0 Å². The minimum Gasteiger partial charge on any atom is -0.497 e. The molecule has 3 aliphatic rings. The predicted octanol–water partition coefficient (Wildman–Crippen LogP) is 2.18. The summed E-state index contributed by atoms with van der Waals surface area (Å²) in [5.41, 5.74) is 0.446. The number of ether oxygens (including phenoxy) is 2. The lowest BCUT2D eigenvalue weighted by Crippen LogP contribution is -2.48. The zero-order chi connectivity index (χ0) is 28.0. The second kappa shape index (κ2) is 9.64. The number of carbonyl (C=O) groups excluding carboxylic acids is 3. The number of azo groups is 1. The number of fused-ring (bicyclic) bond motifs is 6. The van der Waals surface area contributed by atoms with Crippen molar-refractivity contribution in [2.75, 3.05) is 18.6 Å². The molecule has 40 heavy (non-hydrogen) atoms. The third-order valence-electron chi connectivity index (χ3n) is 7.30. The highest BCUT2D eigenvalue weighted by atomic mass is 16.5. The lowest BCUT2D eigenvalue weighted by molar-refractivity contribution is -0.139. The number of benzene rings is 2. The summed E-state index contributed by atoms with van der Waals surface area (Å²) in [5, 5.41) is 30.9. The summed E-state index contributed by atoms with van der Waals surface area (Å²) in [4.78, 5) is 51.7. The van der Waals surface area contributed by atoms with Crippen molar-refractivity contribution in [3.05, 3.63) is 48.6 Å². The van der Waals surface area contributed by atoms with Crippen molar-refractivity contribution in [2.24, 2.45) is 22.1 Å². The number of nitrogens with one attached hydrogen (secondary N) is 2. The molecule has 0 aliphatic carbocycles. The van der Waals surface area contributed by atoms with Crippen LogP contribution < -0.4 is 15.0 Å². The Bertz CT molecular complexity index is 1600. The van der Waals surface area contributed by atoms with E-state index in [1.165, 1.54) is 0 Å². The summed E-state index contributed by atoms with van der Waals surface area (Å²) >= 11 is 0. The van der Waals surface area contributed by atoms with Crippen LogP contribution in [0.25, 0.3) is 11.0 Å². The second-order valence-electron chi connectivity index (χ2n) is 9.61. The van der Waals surface area contributed by atoms with Gasteiger partial charge >= 0.3 is 5.97 Å². The molecule has 4 heterocycles. The molecule has 4 unspecified atom stereocenters. The Hall–Kier alpha value is -4.98. The maximum absolute atomic E-state index is 13.9. The zero-order valence-electron chi connectivity index (χ0n) is 21.1. The van der Waals surface area contributed by atoms with Gasteiger partial charge in [-0.15, -0.1) is 5.11 Å². The van der Waals surface area contributed by atoms with Gasteiger partial charge in [0.25, 0.3) is 0 Å². The van der Waals surface area contributed by atoms with Crippen LogP contribution in [0, 0.1) is 11.8 Å². The molecule has 4 atom stereocenters. The molecule has 3 N–H and O–H groups in total. The molecule has 0 radical (unpaired) electrons. The van der Waals surface area contributed by atoms with Gasteiger partial charge in [0.1, 0.15) is 28.1 Å². The molecule has 2 bridgehead atoms. The molecule has 1 aromatic heterocycles. The van der Waals surface area contributed by atoms with Gasteiger partial charge in [0.15, 0.2) is 0 Å². The van der Waals surface area contributed by atoms with E-state index in [0.717, 1.165) is 4.90 Å². The standard InChI is InChI=1S/C26H23N7O7/c1-39-14-4-2-13(3-5-14)28-30-23-16(7-6-15-22(23)31-32-29-15)33-24(37)20-17-10-11-26(40-17,21(20)25(33)38)12-27-18(34)8-9-19(35)36/h2-7,10-11,17,20-21H,8-9,12H2,1H3,(H,27,34)(H,35,36)(H,29,31,32). The number of anilines is 1. The Labute approximate surface area is 226 Å². The Morgan fingerprint density at radius 3 is 2.67 bits per heavy atom. The van der Waals surface area contributed by atoms with Crippen molar-refractivity contribution in [3.63, 3.8) is 0 Å². The number of carboxylic acid groups (broad SMARTS) is 1. The number of rotatable bonds is 9. The fourth-order valence-electron chi connectivity index (χ4n) is 5.41. The third kappa shape index (κ3) is 4.09. The van der Waals surface area contributed by atoms with Crippen LogP contribution in [-0.2, 0) is 23.9 Å². The Balaban J connectivity index is 1.32. The van der Waals surface area contributed by atoms with E-state index in [0.29, 0.717) is 22.5 Å². The molecule has 2 fully saturated rings. The molecule has 14 heteroatoms. The smallest absolute Gasteiger partial charge is 0.303 e. The van der Waals surface area contributed by atoms with Crippen LogP contribution >= 0.6 is 0 Å². The average molecular weight is 546 g/mol. The SMILES string of the molecule is COc1ccc(N=Nc2c(N3C(=O)C4C5C=CC(CNC(=O)CCC(=O)O)(O5)C4C3=O)ccc3n[nH]nc23)cc1. The minimum absolute atomic E-state index is 0.0845. The van der Waals surface area contributed by atoms with Crippen molar-refractivity contribution in [2.45, 2.75) is 24.5 Å². The van der Waals surface area contributed by atoms with Crippen molar-refractivity contribution in [3.8, 4) is 5.75 Å². The van der Waals surface area contributed by atoms with Crippen LogP contribution in [0.4, 0.5) is 17.1 Å². The van der Waals surface area contributed by atoms with E-state index < -0.39 is 47.2 Å². The maximum atomic E-state index is 13.9. The van der Waals surface area contributed by atoms with Crippen molar-refractivity contribution < 1.29 is 33.8 Å². The van der Waals surface area contributed by atoms with Crippen molar-refractivity contribution in [1.82, 2.24) is 20.7 Å². The van der Waals surface area contributed by atoms with Gasteiger partial charge in [-0.25, -0.2) is 4.90 Å². The number of hydrogen-bond acceptors (Lipinski definition) is 10. The van der Waals surface area contributed by atoms with Gasteiger partial charge in [-0.1, -0.05) is 12.2 Å². The number of aromatic nitrogens is 3. The van der Waals surface area contributed by atoms with Crippen LogP contribution in [0.3, 0.4) is 0 Å². The van der Waals surface area contributed by atoms with Crippen molar-refractivity contribution in [1.29, 1.82) is 0 Å². The molecular weight excluding hydrogens is 522 g/mol. The number of carboxylic acids is 1. The summed E-state index contributed by atoms with van der Waals surface area (Å²) in [6.45, 7) is -0.0845. The topological polar surface area (TPSA) is 189 Å². The van der Waals surface area contributed by atoms with Crippen LogP contribution in [-0.4, -0.2) is 69.6 Å². The number of aliphatic carboxylic acids is 1. The summed E-state index contributed by atoms with van der Waals surface area (Å²) < 4.78 is 11.2. The lowest BCUT2D eigenvalue weighted by Gasteiger charge is -2.29. The number of methoxy groups -OCH3 is 1. The summed E-state index contributed by atoms with van der Waals surface area (Å²) in [7, 11) is 1.55. The van der Waals surface area contributed by atoms with Gasteiger partial charge in [0, 0.05) is 6.42 Å². The van der Waals surface area contributed by atoms with Crippen LogP contribution in [0.15, 0.2) is 58.8 Å². The molecule has 6 rings (SSSR count). The molecule has 2 aromatic carbocycles. The average Bonchev–Trinajstić information content (AvgIpc) is 3.72. The van der Waals surface area contributed by atoms with Gasteiger partial charge in [-0.2, -0.15) is 20.5 Å². The van der Waals surface area contributed by atoms with Gasteiger partial charge in [-0.05, 0) is 36.4 Å². The molecule has 0 spiro atoms. The maximum Gasteiger partial charge on any atom is 0.303 e. The highest BCUT2D eigenvalue weighted by Gasteiger charge is 2.68. The quantitative estimate of drug-likeness (QED) is 0.206. The molecule has 204 valence electrons. The fourth-order valence-corrected chi connectivity index (χ4v) is 5.41. The van der Waals surface area contributed by atoms with Gasteiger partial charge in [0.2, 0.25) is 17.7 Å². The van der Waals surface area contributed by atoms with E-state index in [2.05, 4.69) is 31.0 Å². The zero-order valence-corrected chi connectivity index (χ0v) is 21.1. The first-order chi connectivity index (χ1) is 19.3. The fraction of sp³-hybridized carbons (Fsp3) is 0.308. The van der Waals surface area contributed by atoms with Gasteiger partial charge < -0.3 is 19.9 Å². The molecule has 3 amide bonds. The van der Waals surface area contributed by atoms with E-state index in [9.17, 15) is 19.2 Å². The van der Waals surface area contributed by atoms with E-state index in [1.54, 1.807) is 55.7 Å². The number of carbonyl (C=O) groups is 4. The molecule has 14 nitrogen and oxygen atoms in total. The highest BCUT2D eigenvalue weighted by Crippen LogP contribution is 2.53. The van der Waals surface area contributed by atoms with E-state index in [-0.39, 0.29) is 30.8 Å². The Morgan fingerprint density at radius 2 is 1.93 bits per heavy atom. The largest absolute Gasteiger partial charge is 0.497 e. The van der Waals surface area contributed by atoms with Gasteiger partial charge in [-0.3, -0.25) is 19.2 Å². The molecular formula is C26H23N7O7. The van der Waals surface area contributed by atoms with E-state index in [4.69, 9.17) is 14.6 Å². The van der Waals surface area contributed by atoms with Crippen LogP contribution in [0.2, 0.25) is 0 Å². The number of imide groups is 1. The summed E-state index contributed by atoms with van der Waals surface area (Å²) in [6.07, 6.45) is 2.21. The molecule has 3 aromatic rings. The number of amides is 3. The second-order valence-corrected chi connectivity index (χ2v) is 9.61. The normalized spacial score (nSPS) is 24.8. The first-order valence-electron chi connectivity index (χ1n) is 12.4. The molecule has 0 saturated carbocycles. The monoisotopic (exact) mass is 545 g/mol. The van der Waals surface area contributed by atoms with Crippen LogP contribution in [0.1, 0.15) is 12.8 Å². The van der Waals surface area contributed by atoms with Crippen LogP contribution in [0.5, 0.6) is 5.75 Å². The predicted molar refractivity (Wildman–Crippen MR) is 137 cm³/mol. The van der Waals surface area contributed by atoms with E-state index >= 15 is 0 Å². The number of nitrogens with zero attached hydrogens (tertiary/aromatic N) is 5.